The van der Waals surface area contributed by atoms with Crippen molar-refractivity contribution in [1.82, 2.24) is 10.2 Å². The number of fused-ring (bicyclic) bond motifs is 1. The molecule has 0 radical (unpaired) electrons. The van der Waals surface area contributed by atoms with Crippen molar-refractivity contribution in [1.29, 1.82) is 0 Å². The second kappa shape index (κ2) is 6.02. The number of aliphatic carboxylic acids is 1. The number of nitrogens with one attached hydrogen (secondary N) is 1. The van der Waals surface area contributed by atoms with E-state index in [-0.39, 0.29) is 12.5 Å². The summed E-state index contributed by atoms with van der Waals surface area (Å²) in [5, 5.41) is 11.8. The fourth-order valence-corrected chi connectivity index (χ4v) is 3.50. The van der Waals surface area contributed by atoms with Crippen LogP contribution in [0.1, 0.15) is 58.8 Å². The zero-order valence-electron chi connectivity index (χ0n) is 12.5. The molecule has 2 unspecified atom stereocenters. The highest BCUT2D eigenvalue weighted by atomic mass is 16.4. The number of nitrogens with zero attached hydrogens (tertiary/aromatic N) is 1. The van der Waals surface area contributed by atoms with Crippen LogP contribution >= 0.6 is 0 Å². The standard InChI is InChI=1S/C15H26N2O3/c1-15(2,9-7-13(18)19)16-14(20)17-10-8-11-5-3-4-6-12(11)17/h11-12H,3-10H2,1-2H3,(H,16,20)(H,18,19). The number of rotatable bonds is 4. The largest absolute Gasteiger partial charge is 0.481 e. The van der Waals surface area contributed by atoms with Gasteiger partial charge in [-0.1, -0.05) is 12.8 Å². The maximum Gasteiger partial charge on any atom is 0.318 e. The second-order valence-electron chi connectivity index (χ2n) is 6.80. The van der Waals surface area contributed by atoms with Crippen LogP contribution in [0.25, 0.3) is 0 Å². The summed E-state index contributed by atoms with van der Waals surface area (Å²) in [4.78, 5) is 25.1. The third kappa shape index (κ3) is 3.64. The van der Waals surface area contributed by atoms with E-state index in [1.807, 2.05) is 18.7 Å². The first-order chi connectivity index (χ1) is 9.39. The second-order valence-corrected chi connectivity index (χ2v) is 6.80. The molecule has 1 aliphatic heterocycles. The van der Waals surface area contributed by atoms with Crippen LogP contribution in [0.15, 0.2) is 0 Å². The Kier molecular flexibility index (Phi) is 4.55. The first-order valence-corrected chi connectivity index (χ1v) is 7.70. The molecule has 1 saturated heterocycles. The topological polar surface area (TPSA) is 69.6 Å². The van der Waals surface area contributed by atoms with Crippen LogP contribution in [0, 0.1) is 5.92 Å². The molecule has 1 heterocycles. The molecule has 2 aliphatic rings. The van der Waals surface area contributed by atoms with Gasteiger partial charge in [-0.3, -0.25) is 4.79 Å². The highest BCUT2D eigenvalue weighted by Gasteiger charge is 2.39. The Balaban J connectivity index is 1.89. The van der Waals surface area contributed by atoms with Crippen molar-refractivity contribution >= 4 is 12.0 Å². The summed E-state index contributed by atoms with van der Waals surface area (Å²) in [7, 11) is 0. The van der Waals surface area contributed by atoms with Gasteiger partial charge in [-0.05, 0) is 45.4 Å². The molecule has 2 atom stereocenters. The first kappa shape index (κ1) is 15.1. The fourth-order valence-electron chi connectivity index (χ4n) is 3.50. The normalized spacial score (nSPS) is 26.2. The molecule has 114 valence electrons. The molecule has 0 aromatic heterocycles. The van der Waals surface area contributed by atoms with Gasteiger partial charge in [-0.15, -0.1) is 0 Å². The van der Waals surface area contributed by atoms with Crippen LogP contribution in [0.3, 0.4) is 0 Å². The van der Waals surface area contributed by atoms with Crippen molar-refractivity contribution in [2.24, 2.45) is 5.92 Å². The molecular weight excluding hydrogens is 256 g/mol. The molecule has 2 rings (SSSR count). The van der Waals surface area contributed by atoms with E-state index >= 15 is 0 Å². The van der Waals surface area contributed by atoms with Crippen molar-refractivity contribution in [3.05, 3.63) is 0 Å². The van der Waals surface area contributed by atoms with E-state index in [9.17, 15) is 9.59 Å². The molecule has 0 aromatic carbocycles. The van der Waals surface area contributed by atoms with Crippen molar-refractivity contribution in [3.8, 4) is 0 Å². The van der Waals surface area contributed by atoms with Gasteiger partial charge < -0.3 is 15.3 Å². The zero-order valence-corrected chi connectivity index (χ0v) is 12.5. The quantitative estimate of drug-likeness (QED) is 0.832. The highest BCUT2D eigenvalue weighted by Crippen LogP contribution is 2.36. The molecule has 0 bridgehead atoms. The van der Waals surface area contributed by atoms with Gasteiger partial charge in [0.15, 0.2) is 0 Å². The Bertz CT molecular complexity index is 381. The minimum atomic E-state index is -0.819. The molecule has 1 aliphatic carbocycles. The number of likely N-dealkylation sites (tertiary alicyclic amines) is 1. The van der Waals surface area contributed by atoms with Crippen LogP contribution < -0.4 is 5.32 Å². The molecule has 0 aromatic rings. The van der Waals surface area contributed by atoms with E-state index in [0.717, 1.165) is 19.4 Å². The van der Waals surface area contributed by atoms with Gasteiger partial charge in [0, 0.05) is 24.5 Å². The third-order valence-corrected chi connectivity index (χ3v) is 4.68. The molecule has 1 saturated carbocycles. The number of hydrogen-bond acceptors (Lipinski definition) is 2. The molecule has 5 nitrogen and oxygen atoms in total. The van der Waals surface area contributed by atoms with E-state index in [1.54, 1.807) is 0 Å². The Hall–Kier alpha value is -1.26. The fraction of sp³-hybridized carbons (Fsp3) is 0.867. The van der Waals surface area contributed by atoms with E-state index in [0.29, 0.717) is 18.4 Å². The molecule has 5 heteroatoms. The molecular formula is C15H26N2O3. The summed E-state index contributed by atoms with van der Waals surface area (Å²) in [6, 6.07) is 0.383. The monoisotopic (exact) mass is 282 g/mol. The summed E-state index contributed by atoms with van der Waals surface area (Å²) in [5.41, 5.74) is -0.470. The molecule has 2 amide bonds. The van der Waals surface area contributed by atoms with Crippen molar-refractivity contribution < 1.29 is 14.7 Å². The summed E-state index contributed by atoms with van der Waals surface area (Å²) in [6.07, 6.45) is 6.53. The van der Waals surface area contributed by atoms with E-state index < -0.39 is 11.5 Å². The van der Waals surface area contributed by atoms with Gasteiger partial charge in [-0.2, -0.15) is 0 Å². The Morgan fingerprint density at radius 2 is 1.95 bits per heavy atom. The van der Waals surface area contributed by atoms with Gasteiger partial charge in [0.2, 0.25) is 0 Å². The summed E-state index contributed by atoms with van der Waals surface area (Å²) in [6.45, 7) is 4.63. The predicted molar refractivity (Wildman–Crippen MR) is 76.5 cm³/mol. The molecule has 0 spiro atoms. The number of amides is 2. The smallest absolute Gasteiger partial charge is 0.318 e. The predicted octanol–water partition coefficient (Wildman–Crippen LogP) is 2.60. The van der Waals surface area contributed by atoms with Crippen molar-refractivity contribution in [2.75, 3.05) is 6.54 Å². The van der Waals surface area contributed by atoms with Gasteiger partial charge in [0.05, 0.1) is 0 Å². The van der Waals surface area contributed by atoms with Crippen LogP contribution in [0.5, 0.6) is 0 Å². The van der Waals surface area contributed by atoms with Crippen LogP contribution in [0.4, 0.5) is 4.79 Å². The number of urea groups is 1. The Morgan fingerprint density at radius 3 is 2.65 bits per heavy atom. The van der Waals surface area contributed by atoms with E-state index in [1.165, 1.54) is 19.3 Å². The number of carboxylic acid groups (broad SMARTS) is 1. The minimum Gasteiger partial charge on any atom is -0.481 e. The average Bonchev–Trinajstić information content (AvgIpc) is 2.80. The van der Waals surface area contributed by atoms with Gasteiger partial charge in [0.1, 0.15) is 0 Å². The van der Waals surface area contributed by atoms with Gasteiger partial charge >= 0.3 is 12.0 Å². The Labute approximate surface area is 120 Å². The average molecular weight is 282 g/mol. The van der Waals surface area contributed by atoms with Crippen LogP contribution in [0.2, 0.25) is 0 Å². The third-order valence-electron chi connectivity index (χ3n) is 4.68. The number of carbonyl (C=O) groups excluding carboxylic acids is 1. The van der Waals surface area contributed by atoms with Gasteiger partial charge in [-0.25, -0.2) is 4.79 Å². The zero-order chi connectivity index (χ0) is 14.8. The highest BCUT2D eigenvalue weighted by molar-refractivity contribution is 5.76. The van der Waals surface area contributed by atoms with Crippen LogP contribution in [-0.2, 0) is 4.79 Å². The van der Waals surface area contributed by atoms with Crippen LogP contribution in [-0.4, -0.2) is 40.1 Å². The maximum absolute atomic E-state index is 12.4. The lowest BCUT2D eigenvalue weighted by Gasteiger charge is -2.35. The molecule has 2 fully saturated rings. The summed E-state index contributed by atoms with van der Waals surface area (Å²) < 4.78 is 0. The van der Waals surface area contributed by atoms with Crippen molar-refractivity contribution in [3.63, 3.8) is 0 Å². The lowest BCUT2D eigenvalue weighted by Crippen LogP contribution is -2.52. The number of hydrogen-bond donors (Lipinski definition) is 2. The molecule has 20 heavy (non-hydrogen) atoms. The minimum absolute atomic E-state index is 0.0187. The number of carboxylic acids is 1. The van der Waals surface area contributed by atoms with E-state index in [4.69, 9.17) is 5.11 Å². The number of carbonyl (C=O) groups is 2. The Morgan fingerprint density at radius 1 is 1.25 bits per heavy atom. The summed E-state index contributed by atoms with van der Waals surface area (Å²) >= 11 is 0. The first-order valence-electron chi connectivity index (χ1n) is 7.70. The SMILES string of the molecule is CC(C)(CCC(=O)O)NC(=O)N1CCC2CCCCC21. The van der Waals surface area contributed by atoms with Crippen molar-refractivity contribution in [2.45, 2.75) is 70.4 Å². The van der Waals surface area contributed by atoms with E-state index in [2.05, 4.69) is 5.32 Å². The van der Waals surface area contributed by atoms with Gasteiger partial charge in [0.25, 0.3) is 0 Å². The summed E-state index contributed by atoms with van der Waals surface area (Å²) in [5.74, 6) is -0.141. The lowest BCUT2D eigenvalue weighted by atomic mass is 9.85. The molecule has 2 N–H and O–H groups in total. The maximum atomic E-state index is 12.4. The lowest BCUT2D eigenvalue weighted by molar-refractivity contribution is -0.137.